The van der Waals surface area contributed by atoms with Gasteiger partial charge in [0, 0.05) is 10.9 Å². The second-order valence-corrected chi connectivity index (χ2v) is 5.27. The van der Waals surface area contributed by atoms with Crippen molar-refractivity contribution in [1.82, 2.24) is 0 Å². The Bertz CT molecular complexity index is 247. The minimum absolute atomic E-state index is 0.299. The van der Waals surface area contributed by atoms with Crippen molar-refractivity contribution in [2.24, 2.45) is 11.7 Å². The van der Waals surface area contributed by atoms with Gasteiger partial charge in [-0.15, -0.1) is 11.3 Å². The molecule has 0 aromatic carbocycles. The number of hydrogen-bond donors (Lipinski definition) is 1. The lowest BCUT2D eigenvalue weighted by Crippen LogP contribution is -2.19. The van der Waals surface area contributed by atoms with Gasteiger partial charge in [0.15, 0.2) is 0 Å². The fraction of sp³-hybridized carbons (Fsp3) is 0.667. The maximum Gasteiger partial charge on any atom is 0.0418 e. The SMILES string of the molecule is N[C@H](c1cccs1)C1CCCCCC1. The molecule has 0 unspecified atom stereocenters. The molecule has 2 heteroatoms. The zero-order valence-electron chi connectivity index (χ0n) is 8.61. The summed E-state index contributed by atoms with van der Waals surface area (Å²) in [6.07, 6.45) is 8.24. The molecule has 0 radical (unpaired) electrons. The first kappa shape index (κ1) is 10.2. The monoisotopic (exact) mass is 209 g/mol. The van der Waals surface area contributed by atoms with Crippen molar-refractivity contribution in [3.05, 3.63) is 22.4 Å². The molecule has 1 aliphatic rings. The smallest absolute Gasteiger partial charge is 0.0418 e. The molecule has 1 aromatic heterocycles. The number of thiophene rings is 1. The van der Waals surface area contributed by atoms with Crippen LogP contribution < -0.4 is 5.73 Å². The molecule has 1 atom stereocenters. The molecular formula is C12H19NS. The molecule has 14 heavy (non-hydrogen) atoms. The molecule has 1 heterocycles. The van der Waals surface area contributed by atoms with Crippen LogP contribution >= 0.6 is 11.3 Å². The highest BCUT2D eigenvalue weighted by molar-refractivity contribution is 7.10. The minimum atomic E-state index is 0.299. The van der Waals surface area contributed by atoms with Gasteiger partial charge in [-0.05, 0) is 30.2 Å². The molecule has 0 spiro atoms. The van der Waals surface area contributed by atoms with Gasteiger partial charge in [0.25, 0.3) is 0 Å². The van der Waals surface area contributed by atoms with Gasteiger partial charge in [0.05, 0.1) is 0 Å². The standard InChI is InChI=1S/C12H19NS/c13-12(11-8-5-9-14-11)10-6-3-1-2-4-7-10/h5,8-10,12H,1-4,6-7,13H2/t12-/m0/s1. The summed E-state index contributed by atoms with van der Waals surface area (Å²) >= 11 is 1.81. The van der Waals surface area contributed by atoms with E-state index in [1.165, 1.54) is 43.4 Å². The highest BCUT2D eigenvalue weighted by Gasteiger charge is 2.21. The van der Waals surface area contributed by atoms with Crippen LogP contribution in [0.3, 0.4) is 0 Å². The number of nitrogens with two attached hydrogens (primary N) is 1. The molecule has 0 amide bonds. The average Bonchev–Trinajstić information content (AvgIpc) is 2.59. The predicted molar refractivity (Wildman–Crippen MR) is 62.4 cm³/mol. The fourth-order valence-corrected chi connectivity index (χ4v) is 3.20. The summed E-state index contributed by atoms with van der Waals surface area (Å²) in [7, 11) is 0. The molecule has 1 nitrogen and oxygen atoms in total. The summed E-state index contributed by atoms with van der Waals surface area (Å²) in [5.74, 6) is 0.733. The van der Waals surface area contributed by atoms with Gasteiger partial charge in [-0.2, -0.15) is 0 Å². The van der Waals surface area contributed by atoms with E-state index in [1.807, 2.05) is 0 Å². The van der Waals surface area contributed by atoms with Crippen molar-refractivity contribution in [1.29, 1.82) is 0 Å². The molecule has 0 bridgehead atoms. The van der Waals surface area contributed by atoms with Gasteiger partial charge in [0.1, 0.15) is 0 Å². The van der Waals surface area contributed by atoms with E-state index in [2.05, 4.69) is 17.5 Å². The Morgan fingerprint density at radius 2 is 1.93 bits per heavy atom. The van der Waals surface area contributed by atoms with Crippen molar-refractivity contribution in [3.8, 4) is 0 Å². The second-order valence-electron chi connectivity index (χ2n) is 4.29. The molecule has 0 saturated heterocycles. The van der Waals surface area contributed by atoms with Crippen LogP contribution in [-0.2, 0) is 0 Å². The van der Waals surface area contributed by atoms with E-state index >= 15 is 0 Å². The largest absolute Gasteiger partial charge is 0.323 e. The van der Waals surface area contributed by atoms with Crippen LogP contribution in [-0.4, -0.2) is 0 Å². The first-order valence-electron chi connectivity index (χ1n) is 5.67. The highest BCUT2D eigenvalue weighted by Crippen LogP contribution is 2.33. The third-order valence-electron chi connectivity index (χ3n) is 3.28. The lowest BCUT2D eigenvalue weighted by Gasteiger charge is -2.20. The molecule has 0 aliphatic heterocycles. The Kier molecular flexibility index (Phi) is 3.60. The van der Waals surface area contributed by atoms with E-state index in [9.17, 15) is 0 Å². The molecule has 2 N–H and O–H groups in total. The second kappa shape index (κ2) is 4.94. The average molecular weight is 209 g/mol. The molecule has 2 rings (SSSR count). The molecule has 1 fully saturated rings. The number of hydrogen-bond acceptors (Lipinski definition) is 2. The van der Waals surface area contributed by atoms with Gasteiger partial charge in [0.2, 0.25) is 0 Å². The molecular weight excluding hydrogens is 190 g/mol. The molecule has 1 saturated carbocycles. The summed E-state index contributed by atoms with van der Waals surface area (Å²) in [6, 6.07) is 4.59. The van der Waals surface area contributed by atoms with E-state index < -0.39 is 0 Å². The van der Waals surface area contributed by atoms with E-state index in [-0.39, 0.29) is 0 Å². The third-order valence-corrected chi connectivity index (χ3v) is 4.25. The predicted octanol–water partition coefficient (Wildman–Crippen LogP) is 3.72. The summed E-state index contributed by atoms with van der Waals surface area (Å²) in [5.41, 5.74) is 6.29. The van der Waals surface area contributed by atoms with Crippen molar-refractivity contribution in [3.63, 3.8) is 0 Å². The van der Waals surface area contributed by atoms with Gasteiger partial charge < -0.3 is 5.73 Å². The molecule has 1 aliphatic carbocycles. The van der Waals surface area contributed by atoms with Gasteiger partial charge in [-0.1, -0.05) is 31.7 Å². The van der Waals surface area contributed by atoms with Crippen LogP contribution in [0.5, 0.6) is 0 Å². The topological polar surface area (TPSA) is 26.0 Å². The summed E-state index contributed by atoms with van der Waals surface area (Å²) < 4.78 is 0. The van der Waals surface area contributed by atoms with Crippen LogP contribution in [0, 0.1) is 5.92 Å². The summed E-state index contributed by atoms with van der Waals surface area (Å²) in [5, 5.41) is 2.13. The zero-order valence-corrected chi connectivity index (χ0v) is 9.43. The van der Waals surface area contributed by atoms with Gasteiger partial charge >= 0.3 is 0 Å². The summed E-state index contributed by atoms with van der Waals surface area (Å²) in [4.78, 5) is 1.37. The maximum atomic E-state index is 6.29. The normalized spacial score (nSPS) is 21.8. The Morgan fingerprint density at radius 3 is 2.50 bits per heavy atom. The lowest BCUT2D eigenvalue weighted by molar-refractivity contribution is 0.386. The lowest BCUT2D eigenvalue weighted by atomic mass is 9.91. The van der Waals surface area contributed by atoms with Crippen molar-refractivity contribution < 1.29 is 0 Å². The van der Waals surface area contributed by atoms with E-state index in [1.54, 1.807) is 11.3 Å². The molecule has 78 valence electrons. The quantitative estimate of drug-likeness (QED) is 0.738. The first-order chi connectivity index (χ1) is 6.88. The van der Waals surface area contributed by atoms with E-state index in [0.717, 1.165) is 5.92 Å². The van der Waals surface area contributed by atoms with Crippen molar-refractivity contribution >= 4 is 11.3 Å². The highest BCUT2D eigenvalue weighted by atomic mass is 32.1. The Balaban J connectivity index is 1.99. The Morgan fingerprint density at radius 1 is 1.21 bits per heavy atom. The minimum Gasteiger partial charge on any atom is -0.323 e. The first-order valence-corrected chi connectivity index (χ1v) is 6.55. The van der Waals surface area contributed by atoms with Crippen molar-refractivity contribution in [2.75, 3.05) is 0 Å². The Hall–Kier alpha value is -0.340. The number of rotatable bonds is 2. The van der Waals surface area contributed by atoms with Crippen LogP contribution in [0.1, 0.15) is 49.4 Å². The Labute approximate surface area is 90.3 Å². The molecule has 1 aromatic rings. The van der Waals surface area contributed by atoms with Gasteiger partial charge in [-0.3, -0.25) is 0 Å². The fourth-order valence-electron chi connectivity index (χ4n) is 2.38. The van der Waals surface area contributed by atoms with Crippen LogP contribution in [0.25, 0.3) is 0 Å². The van der Waals surface area contributed by atoms with E-state index in [4.69, 9.17) is 5.73 Å². The van der Waals surface area contributed by atoms with Gasteiger partial charge in [-0.25, -0.2) is 0 Å². The van der Waals surface area contributed by atoms with Crippen LogP contribution in [0.2, 0.25) is 0 Å². The van der Waals surface area contributed by atoms with E-state index in [0.29, 0.717) is 6.04 Å². The van der Waals surface area contributed by atoms with Crippen LogP contribution in [0.15, 0.2) is 17.5 Å². The maximum absolute atomic E-state index is 6.29. The third kappa shape index (κ3) is 2.37. The summed E-state index contributed by atoms with van der Waals surface area (Å²) in [6.45, 7) is 0. The van der Waals surface area contributed by atoms with Crippen LogP contribution in [0.4, 0.5) is 0 Å². The van der Waals surface area contributed by atoms with Crippen molar-refractivity contribution in [2.45, 2.75) is 44.6 Å². The zero-order chi connectivity index (χ0) is 9.80.